The molecule has 186 valence electrons. The number of thiophene rings is 2. The summed E-state index contributed by atoms with van der Waals surface area (Å²) in [6.45, 7) is 7.81. The average Bonchev–Trinajstić information content (AvgIpc) is 3.44. The lowest BCUT2D eigenvalue weighted by Gasteiger charge is -2.32. The summed E-state index contributed by atoms with van der Waals surface area (Å²) in [5.41, 5.74) is 1.30. The van der Waals surface area contributed by atoms with Crippen molar-refractivity contribution in [2.24, 2.45) is 11.8 Å². The lowest BCUT2D eigenvalue weighted by atomic mass is 9.74. The lowest BCUT2D eigenvalue weighted by molar-refractivity contribution is 0.237. The Morgan fingerprint density at radius 2 is 1.53 bits per heavy atom. The number of ether oxygens (including phenoxy) is 1. The van der Waals surface area contributed by atoms with Crippen LogP contribution < -0.4 is 4.74 Å². The van der Waals surface area contributed by atoms with Gasteiger partial charge in [0, 0.05) is 19.2 Å². The van der Waals surface area contributed by atoms with Crippen LogP contribution in [0.15, 0.2) is 36.4 Å². The summed E-state index contributed by atoms with van der Waals surface area (Å²) in [6, 6.07) is 13.6. The van der Waals surface area contributed by atoms with E-state index < -0.39 is 0 Å². The lowest BCUT2D eigenvalue weighted by Crippen LogP contribution is -2.18. The minimum Gasteiger partial charge on any atom is -0.494 e. The fraction of sp³-hybridized carbons (Fsp3) is 0.613. The van der Waals surface area contributed by atoms with Gasteiger partial charge in [0.15, 0.2) is 0 Å². The molecular weight excluding hydrogens is 452 g/mol. The number of hydrogen-bond acceptors (Lipinski definition) is 3. The van der Waals surface area contributed by atoms with E-state index in [1.165, 1.54) is 90.5 Å². The molecule has 3 heteroatoms. The molecule has 1 nitrogen and oxygen atoms in total. The fourth-order valence-electron chi connectivity index (χ4n) is 5.52. The molecule has 0 aliphatic heterocycles. The molecule has 1 aliphatic carbocycles. The predicted octanol–water partition coefficient (Wildman–Crippen LogP) is 11.1. The summed E-state index contributed by atoms with van der Waals surface area (Å²) in [7, 11) is 0. The molecule has 2 heterocycles. The van der Waals surface area contributed by atoms with E-state index in [4.69, 9.17) is 4.74 Å². The largest absolute Gasteiger partial charge is 0.494 e. The first-order chi connectivity index (χ1) is 16.7. The van der Waals surface area contributed by atoms with Crippen molar-refractivity contribution in [3.8, 4) is 16.2 Å². The molecule has 3 aromatic rings. The molecule has 0 N–H and O–H groups in total. The minimum absolute atomic E-state index is 0.707. The maximum Gasteiger partial charge on any atom is 0.119 e. The minimum atomic E-state index is 0.707. The predicted molar refractivity (Wildman–Crippen MR) is 153 cm³/mol. The molecule has 0 spiro atoms. The Bertz CT molecular complexity index is 943. The fourth-order valence-corrected chi connectivity index (χ4v) is 8.07. The molecule has 0 amide bonds. The average molecular weight is 497 g/mol. The van der Waals surface area contributed by atoms with Crippen molar-refractivity contribution in [3.05, 3.63) is 41.3 Å². The van der Waals surface area contributed by atoms with E-state index in [-0.39, 0.29) is 0 Å². The maximum atomic E-state index is 5.83. The van der Waals surface area contributed by atoms with Crippen molar-refractivity contribution in [1.82, 2.24) is 0 Å². The molecule has 1 saturated carbocycles. The molecular formula is C31H44OS2. The third kappa shape index (κ3) is 6.88. The van der Waals surface area contributed by atoms with E-state index in [1.807, 2.05) is 22.7 Å². The topological polar surface area (TPSA) is 9.23 Å². The van der Waals surface area contributed by atoms with E-state index in [0.29, 0.717) is 5.92 Å². The zero-order valence-corrected chi connectivity index (χ0v) is 23.2. The van der Waals surface area contributed by atoms with Gasteiger partial charge < -0.3 is 4.74 Å². The Morgan fingerprint density at radius 3 is 2.24 bits per heavy atom. The number of unbranched alkanes of at least 4 members (excludes halogenated alkanes) is 5. The van der Waals surface area contributed by atoms with Gasteiger partial charge in [0.1, 0.15) is 5.75 Å². The van der Waals surface area contributed by atoms with Gasteiger partial charge in [-0.05, 0) is 79.0 Å². The molecule has 4 rings (SSSR count). The third-order valence-electron chi connectivity index (χ3n) is 7.89. The monoisotopic (exact) mass is 496 g/mol. The Hall–Kier alpha value is -1.32. The van der Waals surface area contributed by atoms with E-state index >= 15 is 0 Å². The van der Waals surface area contributed by atoms with Crippen molar-refractivity contribution in [3.63, 3.8) is 0 Å². The Balaban J connectivity index is 1.29. The van der Waals surface area contributed by atoms with Gasteiger partial charge in [-0.2, -0.15) is 0 Å². The Labute approximate surface area is 215 Å². The molecule has 0 bridgehead atoms. The highest BCUT2D eigenvalue weighted by Crippen LogP contribution is 2.45. The molecule has 2 aromatic heterocycles. The number of rotatable bonds is 13. The summed E-state index contributed by atoms with van der Waals surface area (Å²) in [6.07, 6.45) is 16.7. The first-order valence-electron chi connectivity index (χ1n) is 13.9. The molecule has 1 aliphatic rings. The summed E-state index contributed by atoms with van der Waals surface area (Å²) < 4.78 is 8.75. The van der Waals surface area contributed by atoms with Gasteiger partial charge in [-0.15, -0.1) is 22.7 Å². The number of benzene rings is 1. The van der Waals surface area contributed by atoms with E-state index in [1.54, 1.807) is 4.88 Å². The highest BCUT2D eigenvalue weighted by atomic mass is 32.1. The smallest absolute Gasteiger partial charge is 0.119 e. The van der Waals surface area contributed by atoms with E-state index in [9.17, 15) is 0 Å². The molecule has 1 unspecified atom stereocenters. The zero-order valence-electron chi connectivity index (χ0n) is 21.6. The van der Waals surface area contributed by atoms with Crippen molar-refractivity contribution in [2.75, 3.05) is 6.61 Å². The maximum absolute atomic E-state index is 5.83. The SMILES string of the molecule is CCCCCCCC1CCC(C(C)c2cc3sc(-c4ccc(OCCCC)cc4)cc3s2)CC1. The normalized spacial score (nSPS) is 19.5. The molecule has 0 radical (unpaired) electrons. The van der Waals surface area contributed by atoms with Crippen molar-refractivity contribution < 1.29 is 4.74 Å². The van der Waals surface area contributed by atoms with Crippen LogP contribution >= 0.6 is 22.7 Å². The second kappa shape index (κ2) is 13.1. The quantitative estimate of drug-likeness (QED) is 0.214. The van der Waals surface area contributed by atoms with Crippen LogP contribution in [0.25, 0.3) is 19.8 Å². The molecule has 34 heavy (non-hydrogen) atoms. The van der Waals surface area contributed by atoms with Gasteiger partial charge >= 0.3 is 0 Å². The van der Waals surface area contributed by atoms with Crippen LogP contribution in [0.4, 0.5) is 0 Å². The first kappa shape index (κ1) is 25.8. The first-order valence-corrected chi connectivity index (χ1v) is 15.6. The van der Waals surface area contributed by atoms with Crippen molar-refractivity contribution >= 4 is 32.1 Å². The Kier molecular flexibility index (Phi) is 9.94. The molecule has 1 aromatic carbocycles. The number of fused-ring (bicyclic) bond motifs is 1. The summed E-state index contributed by atoms with van der Waals surface area (Å²) >= 11 is 3.99. The van der Waals surface area contributed by atoms with Gasteiger partial charge in [0.05, 0.1) is 6.61 Å². The highest BCUT2D eigenvalue weighted by Gasteiger charge is 2.27. The summed E-state index contributed by atoms with van der Waals surface area (Å²) in [5.74, 6) is 3.57. The van der Waals surface area contributed by atoms with Gasteiger partial charge in [-0.3, -0.25) is 0 Å². The zero-order chi connectivity index (χ0) is 23.8. The second-order valence-corrected chi connectivity index (χ2v) is 12.7. The summed E-state index contributed by atoms with van der Waals surface area (Å²) in [5, 5.41) is 0. The Morgan fingerprint density at radius 1 is 0.824 bits per heavy atom. The van der Waals surface area contributed by atoms with Gasteiger partial charge in [-0.1, -0.05) is 78.6 Å². The molecule has 1 atom stereocenters. The number of hydrogen-bond donors (Lipinski definition) is 0. The summed E-state index contributed by atoms with van der Waals surface area (Å²) in [4.78, 5) is 2.98. The van der Waals surface area contributed by atoms with Crippen LogP contribution in [0, 0.1) is 11.8 Å². The van der Waals surface area contributed by atoms with Gasteiger partial charge in [0.25, 0.3) is 0 Å². The highest BCUT2D eigenvalue weighted by molar-refractivity contribution is 7.29. The van der Waals surface area contributed by atoms with Crippen LogP contribution in [-0.2, 0) is 0 Å². The van der Waals surface area contributed by atoms with Crippen LogP contribution in [0.5, 0.6) is 5.75 Å². The van der Waals surface area contributed by atoms with Crippen LogP contribution in [0.2, 0.25) is 0 Å². The second-order valence-electron chi connectivity index (χ2n) is 10.5. The van der Waals surface area contributed by atoms with Crippen LogP contribution in [0.3, 0.4) is 0 Å². The van der Waals surface area contributed by atoms with Crippen molar-refractivity contribution in [2.45, 2.75) is 104 Å². The van der Waals surface area contributed by atoms with Crippen LogP contribution in [-0.4, -0.2) is 6.61 Å². The third-order valence-corrected chi connectivity index (χ3v) is 10.4. The van der Waals surface area contributed by atoms with Crippen molar-refractivity contribution in [1.29, 1.82) is 0 Å². The molecule has 1 fully saturated rings. The molecule has 0 saturated heterocycles. The van der Waals surface area contributed by atoms with Crippen LogP contribution in [0.1, 0.15) is 109 Å². The standard InChI is InChI=1S/C31H44OS2/c1-4-6-8-9-10-11-24-12-14-25(15-13-24)23(3)28-21-30-31(33-28)22-29(34-30)26-16-18-27(19-17-26)32-20-7-5-2/h16-19,21-25H,4-15,20H2,1-3H3. The van der Waals surface area contributed by atoms with E-state index in [0.717, 1.165) is 30.6 Å². The van der Waals surface area contributed by atoms with Gasteiger partial charge in [-0.25, -0.2) is 0 Å². The van der Waals surface area contributed by atoms with Gasteiger partial charge in [0.2, 0.25) is 0 Å². The van der Waals surface area contributed by atoms with E-state index in [2.05, 4.69) is 57.2 Å².